The standard InChI is InChI=1S/C29H24N2O3/c1-17-16-24-29(21-13-7-8-14-22(21)30-28(29)34)25(27(33)19-10-4-3-5-11-19)26(18(2)32)31(24)23-15-9-6-12-20(17)23/h3-16,24-26H,1-2H3,(H,30,34)/t24-,25+,26+,29+/m0/s1. The molecule has 3 aliphatic rings. The molecule has 5 heteroatoms. The second-order valence-corrected chi connectivity index (χ2v) is 9.35. The van der Waals surface area contributed by atoms with Crippen molar-refractivity contribution in [2.24, 2.45) is 5.92 Å². The maximum atomic E-state index is 14.2. The van der Waals surface area contributed by atoms with E-state index in [4.69, 9.17) is 0 Å². The Bertz CT molecular complexity index is 1390. The summed E-state index contributed by atoms with van der Waals surface area (Å²) >= 11 is 0. The molecular formula is C29H24N2O3. The molecule has 1 spiro atoms. The number of ketones is 2. The predicted molar refractivity (Wildman–Crippen MR) is 132 cm³/mol. The fourth-order valence-electron chi connectivity index (χ4n) is 6.32. The molecule has 3 heterocycles. The molecule has 5 nitrogen and oxygen atoms in total. The summed E-state index contributed by atoms with van der Waals surface area (Å²) in [7, 11) is 0. The first-order valence-electron chi connectivity index (χ1n) is 11.5. The zero-order chi connectivity index (χ0) is 23.6. The topological polar surface area (TPSA) is 66.5 Å². The summed E-state index contributed by atoms with van der Waals surface area (Å²) in [6.07, 6.45) is 2.07. The minimum Gasteiger partial charge on any atom is -0.352 e. The number of allylic oxidation sites excluding steroid dienone is 1. The maximum absolute atomic E-state index is 14.2. The summed E-state index contributed by atoms with van der Waals surface area (Å²) < 4.78 is 0. The Morgan fingerprint density at radius 1 is 0.912 bits per heavy atom. The number of benzene rings is 3. The Balaban J connectivity index is 1.69. The molecule has 6 rings (SSSR count). The molecule has 0 aliphatic carbocycles. The first-order chi connectivity index (χ1) is 16.5. The molecule has 0 saturated carbocycles. The summed E-state index contributed by atoms with van der Waals surface area (Å²) in [4.78, 5) is 43.6. The van der Waals surface area contributed by atoms with E-state index >= 15 is 0 Å². The number of hydrogen-bond donors (Lipinski definition) is 1. The lowest BCUT2D eigenvalue weighted by atomic mass is 9.64. The normalized spacial score (nSPS) is 26.4. The molecule has 3 aromatic rings. The lowest BCUT2D eigenvalue weighted by molar-refractivity contribution is -0.122. The number of fused-ring (bicyclic) bond motifs is 6. The van der Waals surface area contributed by atoms with E-state index in [0.717, 1.165) is 22.4 Å². The van der Waals surface area contributed by atoms with Gasteiger partial charge >= 0.3 is 0 Å². The van der Waals surface area contributed by atoms with Crippen molar-refractivity contribution in [2.75, 3.05) is 10.2 Å². The van der Waals surface area contributed by atoms with Gasteiger partial charge in [-0.1, -0.05) is 72.8 Å². The molecule has 168 valence electrons. The van der Waals surface area contributed by atoms with Gasteiger partial charge in [-0.25, -0.2) is 0 Å². The number of nitrogens with zero attached hydrogens (tertiary/aromatic N) is 1. The van der Waals surface area contributed by atoms with E-state index in [2.05, 4.69) is 11.4 Å². The number of carbonyl (C=O) groups excluding carboxylic acids is 3. The highest BCUT2D eigenvalue weighted by Gasteiger charge is 2.70. The van der Waals surface area contributed by atoms with Gasteiger partial charge in [-0.2, -0.15) is 0 Å². The van der Waals surface area contributed by atoms with Gasteiger partial charge in [-0.3, -0.25) is 14.4 Å². The fraction of sp³-hybridized carbons (Fsp3) is 0.207. The van der Waals surface area contributed by atoms with Crippen LogP contribution in [0.3, 0.4) is 0 Å². The monoisotopic (exact) mass is 448 g/mol. The van der Waals surface area contributed by atoms with Crippen LogP contribution in [0.1, 0.15) is 35.3 Å². The Kier molecular flexibility index (Phi) is 4.40. The molecule has 4 atom stereocenters. The van der Waals surface area contributed by atoms with Crippen LogP contribution in [0.25, 0.3) is 5.57 Å². The highest BCUT2D eigenvalue weighted by molar-refractivity contribution is 6.16. The maximum Gasteiger partial charge on any atom is 0.238 e. The van der Waals surface area contributed by atoms with Crippen molar-refractivity contribution >= 4 is 34.4 Å². The largest absolute Gasteiger partial charge is 0.352 e. The second-order valence-electron chi connectivity index (χ2n) is 9.35. The molecule has 3 aromatic carbocycles. The van der Waals surface area contributed by atoms with Gasteiger partial charge in [0, 0.05) is 22.5 Å². The van der Waals surface area contributed by atoms with Crippen LogP contribution in [0, 0.1) is 5.92 Å². The third kappa shape index (κ3) is 2.52. The van der Waals surface area contributed by atoms with Gasteiger partial charge < -0.3 is 10.2 Å². The summed E-state index contributed by atoms with van der Waals surface area (Å²) in [6, 6.07) is 23.2. The SMILES string of the molecule is CC(=O)[C@@H]1[C@H](C(=O)c2ccccc2)[C@]2(C(=O)Nc3ccccc32)[C@@H]2C=C(C)c3ccccc3N12. The predicted octanol–water partition coefficient (Wildman–Crippen LogP) is 4.64. The van der Waals surface area contributed by atoms with Crippen LogP contribution in [0.15, 0.2) is 84.9 Å². The third-order valence-corrected chi connectivity index (χ3v) is 7.64. The molecule has 1 saturated heterocycles. The molecule has 0 unspecified atom stereocenters. The van der Waals surface area contributed by atoms with Crippen molar-refractivity contribution in [2.45, 2.75) is 31.3 Å². The van der Waals surface area contributed by atoms with E-state index in [9.17, 15) is 14.4 Å². The van der Waals surface area contributed by atoms with Crippen molar-refractivity contribution in [3.8, 4) is 0 Å². The first-order valence-corrected chi connectivity index (χ1v) is 11.5. The minimum atomic E-state index is -1.23. The number of carbonyl (C=O) groups is 3. The summed E-state index contributed by atoms with van der Waals surface area (Å²) in [5, 5.41) is 3.04. The van der Waals surface area contributed by atoms with Crippen molar-refractivity contribution in [1.29, 1.82) is 0 Å². The average Bonchev–Trinajstić information content (AvgIpc) is 3.32. The Hall–Kier alpha value is -3.99. The zero-order valence-corrected chi connectivity index (χ0v) is 19.0. The highest BCUT2D eigenvalue weighted by atomic mass is 16.2. The van der Waals surface area contributed by atoms with E-state index < -0.39 is 23.4 Å². The number of hydrogen-bond acceptors (Lipinski definition) is 4. The van der Waals surface area contributed by atoms with Gasteiger partial charge in [0.15, 0.2) is 11.6 Å². The van der Waals surface area contributed by atoms with Crippen LogP contribution >= 0.6 is 0 Å². The number of para-hydroxylation sites is 2. The van der Waals surface area contributed by atoms with Crippen LogP contribution in [-0.2, 0) is 15.0 Å². The van der Waals surface area contributed by atoms with Crippen LogP contribution in [-0.4, -0.2) is 29.6 Å². The molecule has 0 bridgehead atoms. The smallest absolute Gasteiger partial charge is 0.238 e. The first kappa shape index (κ1) is 20.6. The van der Waals surface area contributed by atoms with Crippen LogP contribution in [0.5, 0.6) is 0 Å². The minimum absolute atomic E-state index is 0.129. The van der Waals surface area contributed by atoms with Gasteiger partial charge in [-0.05, 0) is 37.1 Å². The second kappa shape index (κ2) is 7.26. The Morgan fingerprint density at radius 3 is 2.35 bits per heavy atom. The van der Waals surface area contributed by atoms with Crippen molar-refractivity contribution in [1.82, 2.24) is 0 Å². The number of amides is 1. The molecule has 34 heavy (non-hydrogen) atoms. The number of anilines is 2. The quantitative estimate of drug-likeness (QED) is 0.593. The highest BCUT2D eigenvalue weighted by Crippen LogP contribution is 2.58. The van der Waals surface area contributed by atoms with E-state index in [1.807, 2.05) is 78.6 Å². The molecular weight excluding hydrogens is 424 g/mol. The van der Waals surface area contributed by atoms with Crippen molar-refractivity contribution in [3.63, 3.8) is 0 Å². The third-order valence-electron chi connectivity index (χ3n) is 7.64. The zero-order valence-electron chi connectivity index (χ0n) is 19.0. The molecule has 0 radical (unpaired) electrons. The van der Waals surface area contributed by atoms with Gasteiger partial charge in [0.05, 0.1) is 18.0 Å². The summed E-state index contributed by atoms with van der Waals surface area (Å²) in [6.45, 7) is 3.55. The summed E-state index contributed by atoms with van der Waals surface area (Å²) in [5.74, 6) is -1.43. The number of nitrogens with one attached hydrogen (secondary N) is 1. The van der Waals surface area contributed by atoms with E-state index in [1.165, 1.54) is 6.92 Å². The Morgan fingerprint density at radius 2 is 1.59 bits per heavy atom. The van der Waals surface area contributed by atoms with E-state index in [0.29, 0.717) is 11.3 Å². The van der Waals surface area contributed by atoms with Crippen LogP contribution < -0.4 is 10.2 Å². The van der Waals surface area contributed by atoms with Crippen LogP contribution in [0.4, 0.5) is 11.4 Å². The number of rotatable bonds is 3. The molecule has 0 aromatic heterocycles. The van der Waals surface area contributed by atoms with Gasteiger partial charge in [-0.15, -0.1) is 0 Å². The Labute approximate surface area is 198 Å². The van der Waals surface area contributed by atoms with Gasteiger partial charge in [0.2, 0.25) is 5.91 Å². The lowest BCUT2D eigenvalue weighted by Gasteiger charge is -2.39. The van der Waals surface area contributed by atoms with E-state index in [1.54, 1.807) is 12.1 Å². The van der Waals surface area contributed by atoms with Crippen LogP contribution in [0.2, 0.25) is 0 Å². The average molecular weight is 449 g/mol. The van der Waals surface area contributed by atoms with Gasteiger partial charge in [0.1, 0.15) is 5.41 Å². The fourth-order valence-corrected chi connectivity index (χ4v) is 6.32. The molecule has 1 fully saturated rings. The van der Waals surface area contributed by atoms with Crippen molar-refractivity contribution < 1.29 is 14.4 Å². The van der Waals surface area contributed by atoms with E-state index in [-0.39, 0.29) is 17.5 Å². The molecule has 1 amide bonds. The number of Topliss-reactive ketones (excluding diaryl/α,β-unsaturated/α-hetero) is 2. The van der Waals surface area contributed by atoms with Gasteiger partial charge in [0.25, 0.3) is 0 Å². The lowest BCUT2D eigenvalue weighted by Crippen LogP contribution is -2.51. The molecule has 1 N–H and O–H groups in total. The van der Waals surface area contributed by atoms with Crippen molar-refractivity contribution in [3.05, 3.63) is 102 Å². The summed E-state index contributed by atoms with van der Waals surface area (Å²) in [5.41, 5.74) is 3.68. The molecule has 3 aliphatic heterocycles.